The summed E-state index contributed by atoms with van der Waals surface area (Å²) in [6.07, 6.45) is -2.96. The van der Waals surface area contributed by atoms with E-state index in [0.717, 1.165) is 29.2 Å². The van der Waals surface area contributed by atoms with E-state index in [2.05, 4.69) is 4.99 Å². The van der Waals surface area contributed by atoms with Gasteiger partial charge < -0.3 is 14.1 Å². The Bertz CT molecular complexity index is 1830. The van der Waals surface area contributed by atoms with Gasteiger partial charge in [0.2, 0.25) is 0 Å². The van der Waals surface area contributed by atoms with Crippen LogP contribution in [-0.2, 0) is 15.7 Å². The highest BCUT2D eigenvalue weighted by molar-refractivity contribution is 7.07. The van der Waals surface area contributed by atoms with Crippen molar-refractivity contribution in [2.24, 2.45) is 4.99 Å². The molecule has 0 saturated heterocycles. The molecule has 0 bridgehead atoms. The van der Waals surface area contributed by atoms with Crippen molar-refractivity contribution in [1.82, 2.24) is 4.57 Å². The highest BCUT2D eigenvalue weighted by Crippen LogP contribution is 2.33. The Labute approximate surface area is 237 Å². The fraction of sp³-hybridized carbons (Fsp3) is 0.233. The molecule has 41 heavy (non-hydrogen) atoms. The van der Waals surface area contributed by atoms with E-state index in [0.29, 0.717) is 20.6 Å². The molecule has 0 N–H and O–H groups in total. The lowest BCUT2D eigenvalue weighted by atomic mass is 9.95. The number of nitrogens with zero attached hydrogens (tertiary/aromatic N) is 3. The van der Waals surface area contributed by atoms with Crippen LogP contribution >= 0.6 is 11.3 Å². The molecule has 5 rings (SSSR count). The number of carbonyl (C=O) groups excluding carboxylic acids is 1. The summed E-state index contributed by atoms with van der Waals surface area (Å²) in [5.74, 6) is -0.0354. The van der Waals surface area contributed by atoms with Crippen molar-refractivity contribution in [2.45, 2.75) is 26.1 Å². The van der Waals surface area contributed by atoms with Crippen molar-refractivity contribution >= 4 is 29.1 Å². The van der Waals surface area contributed by atoms with Crippen LogP contribution < -0.4 is 19.8 Å². The molecule has 2 aromatic heterocycles. The van der Waals surface area contributed by atoms with Gasteiger partial charge in [-0.3, -0.25) is 9.36 Å². The molecule has 1 aliphatic heterocycles. The number of fused-ring (bicyclic) bond motifs is 1. The molecule has 1 aliphatic rings. The number of benzene rings is 2. The summed E-state index contributed by atoms with van der Waals surface area (Å²) in [5.41, 5.74) is 1.47. The van der Waals surface area contributed by atoms with E-state index in [9.17, 15) is 22.8 Å². The quantitative estimate of drug-likeness (QED) is 0.295. The minimum atomic E-state index is -4.48. The molecule has 11 heteroatoms. The van der Waals surface area contributed by atoms with Gasteiger partial charge in [0.15, 0.2) is 4.80 Å². The summed E-state index contributed by atoms with van der Waals surface area (Å²) in [6, 6.07) is 14.7. The number of ether oxygens (including phenoxy) is 1. The average Bonchev–Trinajstić information content (AvgIpc) is 3.52. The number of rotatable bonds is 6. The molecular formula is C30H26F3N3O4S. The van der Waals surface area contributed by atoms with Gasteiger partial charge in [-0.1, -0.05) is 35.6 Å². The standard InChI is InChI=1S/C30H26F3N3O4S/c1-5-39-28(38)25-17(2)34-29-36(26(25)18-9-11-21(12-10-18)35(3)4)27(37)24(41-29)16-22-13-14-23(40-22)19-7-6-8-20(15-19)30(31,32)33/h6-16,26H,5H2,1-4H3/t26-/m0/s1. The summed E-state index contributed by atoms with van der Waals surface area (Å²) >= 11 is 1.13. The van der Waals surface area contributed by atoms with Crippen LogP contribution in [0.15, 0.2) is 86.1 Å². The molecule has 0 spiro atoms. The van der Waals surface area contributed by atoms with Crippen LogP contribution in [-0.4, -0.2) is 31.2 Å². The van der Waals surface area contributed by atoms with E-state index in [1.165, 1.54) is 22.8 Å². The molecule has 0 aliphatic carbocycles. The van der Waals surface area contributed by atoms with Gasteiger partial charge in [0.25, 0.3) is 5.56 Å². The highest BCUT2D eigenvalue weighted by atomic mass is 32.1. The summed E-state index contributed by atoms with van der Waals surface area (Å²) in [4.78, 5) is 33.7. The first kappa shape index (κ1) is 28.2. The van der Waals surface area contributed by atoms with Crippen molar-refractivity contribution in [3.05, 3.63) is 109 Å². The van der Waals surface area contributed by atoms with Crippen molar-refractivity contribution in [1.29, 1.82) is 0 Å². The second-order valence-electron chi connectivity index (χ2n) is 9.57. The minimum absolute atomic E-state index is 0.166. The van der Waals surface area contributed by atoms with Crippen LogP contribution in [0.4, 0.5) is 18.9 Å². The molecule has 0 amide bonds. The molecule has 0 radical (unpaired) electrons. The van der Waals surface area contributed by atoms with Gasteiger partial charge in [-0.25, -0.2) is 9.79 Å². The summed E-state index contributed by atoms with van der Waals surface area (Å²) in [6.45, 7) is 3.58. The highest BCUT2D eigenvalue weighted by Gasteiger charge is 2.33. The zero-order chi connectivity index (χ0) is 29.5. The lowest BCUT2D eigenvalue weighted by Crippen LogP contribution is -2.39. The van der Waals surface area contributed by atoms with Gasteiger partial charge in [-0.2, -0.15) is 13.2 Å². The maximum absolute atomic E-state index is 13.8. The van der Waals surface area contributed by atoms with Gasteiger partial charge in [0.05, 0.1) is 34.0 Å². The van der Waals surface area contributed by atoms with E-state index < -0.39 is 23.8 Å². The van der Waals surface area contributed by atoms with Crippen LogP contribution in [0.1, 0.15) is 36.8 Å². The average molecular weight is 582 g/mol. The molecule has 212 valence electrons. The van der Waals surface area contributed by atoms with Gasteiger partial charge in [0, 0.05) is 31.4 Å². The van der Waals surface area contributed by atoms with Gasteiger partial charge >= 0.3 is 12.1 Å². The number of aromatic nitrogens is 1. The molecule has 0 saturated carbocycles. The first-order chi connectivity index (χ1) is 19.5. The van der Waals surface area contributed by atoms with Gasteiger partial charge in [-0.05, 0) is 55.8 Å². The molecule has 4 aromatic rings. The van der Waals surface area contributed by atoms with Crippen LogP contribution in [0, 0.1) is 0 Å². The number of anilines is 1. The number of allylic oxidation sites excluding steroid dienone is 1. The number of alkyl halides is 3. The fourth-order valence-corrected chi connectivity index (χ4v) is 5.65. The first-order valence-corrected chi connectivity index (χ1v) is 13.5. The van der Waals surface area contributed by atoms with Crippen molar-refractivity contribution in [3.8, 4) is 11.3 Å². The predicted octanol–water partition coefficient (Wildman–Crippen LogP) is 5.14. The van der Waals surface area contributed by atoms with Gasteiger partial charge in [-0.15, -0.1) is 0 Å². The van der Waals surface area contributed by atoms with Crippen LogP contribution in [0.2, 0.25) is 0 Å². The fourth-order valence-electron chi connectivity index (χ4n) is 4.63. The van der Waals surface area contributed by atoms with Crippen molar-refractivity contribution in [3.63, 3.8) is 0 Å². The summed E-state index contributed by atoms with van der Waals surface area (Å²) in [5, 5.41) is 0. The van der Waals surface area contributed by atoms with E-state index in [1.807, 2.05) is 43.3 Å². The number of halogens is 3. The summed E-state index contributed by atoms with van der Waals surface area (Å²) < 4.78 is 52.4. The zero-order valence-corrected chi connectivity index (χ0v) is 23.5. The number of carbonyl (C=O) groups is 1. The summed E-state index contributed by atoms with van der Waals surface area (Å²) in [7, 11) is 3.83. The van der Waals surface area contributed by atoms with E-state index >= 15 is 0 Å². The third-order valence-electron chi connectivity index (χ3n) is 6.62. The molecule has 0 unspecified atom stereocenters. The van der Waals surface area contributed by atoms with Gasteiger partial charge in [0.1, 0.15) is 11.5 Å². The molecule has 1 atom stereocenters. The second-order valence-corrected chi connectivity index (χ2v) is 10.6. The third kappa shape index (κ3) is 5.49. The topological polar surface area (TPSA) is 77.0 Å². The number of hydrogen-bond acceptors (Lipinski definition) is 7. The zero-order valence-electron chi connectivity index (χ0n) is 22.7. The van der Waals surface area contributed by atoms with Crippen LogP contribution in [0.25, 0.3) is 17.4 Å². The van der Waals surface area contributed by atoms with Crippen molar-refractivity contribution in [2.75, 3.05) is 25.6 Å². The lowest BCUT2D eigenvalue weighted by Gasteiger charge is -2.25. The number of furan rings is 1. The first-order valence-electron chi connectivity index (χ1n) is 12.7. The monoisotopic (exact) mass is 581 g/mol. The molecule has 3 heterocycles. The Morgan fingerprint density at radius 3 is 2.54 bits per heavy atom. The smallest absolute Gasteiger partial charge is 0.416 e. The minimum Gasteiger partial charge on any atom is -0.463 e. The molecule has 0 fully saturated rings. The Hall–Kier alpha value is -4.38. The third-order valence-corrected chi connectivity index (χ3v) is 7.60. The number of esters is 1. The van der Waals surface area contributed by atoms with E-state index in [4.69, 9.17) is 9.15 Å². The Morgan fingerprint density at radius 2 is 1.88 bits per heavy atom. The maximum atomic E-state index is 13.8. The normalized spacial score (nSPS) is 15.5. The molecular weight excluding hydrogens is 555 g/mol. The lowest BCUT2D eigenvalue weighted by molar-refractivity contribution is -0.139. The van der Waals surface area contributed by atoms with Crippen molar-refractivity contribution < 1.29 is 27.1 Å². The van der Waals surface area contributed by atoms with E-state index in [-0.39, 0.29) is 34.8 Å². The largest absolute Gasteiger partial charge is 0.463 e. The van der Waals surface area contributed by atoms with Crippen LogP contribution in [0.3, 0.4) is 0 Å². The number of hydrogen-bond donors (Lipinski definition) is 0. The Balaban J connectivity index is 1.60. The Morgan fingerprint density at radius 1 is 1.15 bits per heavy atom. The second kappa shape index (κ2) is 10.9. The Kier molecular flexibility index (Phi) is 7.48. The SMILES string of the molecule is CCOC(=O)C1=C(C)N=c2sc(=Cc3ccc(-c4cccc(C(F)(F)F)c4)o3)c(=O)n2[C@H]1c1ccc(N(C)C)cc1. The molecule has 2 aromatic carbocycles. The predicted molar refractivity (Wildman–Crippen MR) is 150 cm³/mol. The van der Waals surface area contributed by atoms with E-state index in [1.54, 1.807) is 26.0 Å². The van der Waals surface area contributed by atoms with Crippen LogP contribution in [0.5, 0.6) is 0 Å². The number of thiazole rings is 1. The maximum Gasteiger partial charge on any atom is 0.416 e. The molecule has 7 nitrogen and oxygen atoms in total.